The maximum atomic E-state index is 11.8. The van der Waals surface area contributed by atoms with E-state index < -0.39 is 0 Å². The van der Waals surface area contributed by atoms with Gasteiger partial charge < -0.3 is 20.5 Å². The van der Waals surface area contributed by atoms with Crippen molar-refractivity contribution >= 4 is 11.6 Å². The highest BCUT2D eigenvalue weighted by atomic mass is 16.5. The summed E-state index contributed by atoms with van der Waals surface area (Å²) in [4.78, 5) is 11.8. The molecule has 0 unspecified atom stereocenters. The van der Waals surface area contributed by atoms with Crippen molar-refractivity contribution in [1.82, 2.24) is 5.32 Å². The van der Waals surface area contributed by atoms with Crippen LogP contribution >= 0.6 is 0 Å². The number of aliphatic hydroxyl groups is 1. The van der Waals surface area contributed by atoms with E-state index in [0.717, 1.165) is 0 Å². The first-order valence-electron chi connectivity index (χ1n) is 6.23. The molecule has 0 saturated heterocycles. The molecule has 1 aromatic rings. The predicted octanol–water partition coefficient (Wildman–Crippen LogP) is 1.24. The second-order valence-corrected chi connectivity index (χ2v) is 5.17. The standard InChI is InChI=1S/C14H22N2O3/c1-14(2,10-17)9-15-8-13(18)16-11-6-4-5-7-12(11)19-3/h4-7,15,17H,8-10H2,1-3H3,(H,16,18). The molecule has 0 aliphatic heterocycles. The number of aliphatic hydroxyl groups excluding tert-OH is 1. The van der Waals surface area contributed by atoms with E-state index in [0.29, 0.717) is 18.0 Å². The van der Waals surface area contributed by atoms with Gasteiger partial charge in [0, 0.05) is 18.6 Å². The van der Waals surface area contributed by atoms with Crippen LogP contribution in [0.2, 0.25) is 0 Å². The van der Waals surface area contributed by atoms with Crippen molar-refractivity contribution < 1.29 is 14.6 Å². The number of hydrogen-bond acceptors (Lipinski definition) is 4. The zero-order valence-electron chi connectivity index (χ0n) is 11.7. The van der Waals surface area contributed by atoms with Crippen molar-refractivity contribution in [3.63, 3.8) is 0 Å². The molecule has 0 bridgehead atoms. The Balaban J connectivity index is 2.43. The SMILES string of the molecule is COc1ccccc1NC(=O)CNCC(C)(C)CO. The van der Waals surface area contributed by atoms with Gasteiger partial charge in [0.1, 0.15) is 5.75 Å². The third kappa shape index (κ3) is 5.28. The van der Waals surface area contributed by atoms with Crippen molar-refractivity contribution in [2.45, 2.75) is 13.8 Å². The van der Waals surface area contributed by atoms with Gasteiger partial charge >= 0.3 is 0 Å². The number of nitrogens with one attached hydrogen (secondary N) is 2. The number of rotatable bonds is 7. The van der Waals surface area contributed by atoms with Crippen molar-refractivity contribution in [1.29, 1.82) is 0 Å². The summed E-state index contributed by atoms with van der Waals surface area (Å²) in [6.07, 6.45) is 0. The third-order valence-corrected chi connectivity index (χ3v) is 2.70. The number of carbonyl (C=O) groups excluding carboxylic acids is 1. The Labute approximate surface area is 114 Å². The molecule has 19 heavy (non-hydrogen) atoms. The fourth-order valence-electron chi connectivity index (χ4n) is 1.51. The van der Waals surface area contributed by atoms with E-state index in [2.05, 4.69) is 10.6 Å². The van der Waals surface area contributed by atoms with Crippen LogP contribution in [0.4, 0.5) is 5.69 Å². The van der Waals surface area contributed by atoms with E-state index in [4.69, 9.17) is 9.84 Å². The number of benzene rings is 1. The predicted molar refractivity (Wildman–Crippen MR) is 75.4 cm³/mol. The molecule has 0 aromatic heterocycles. The summed E-state index contributed by atoms with van der Waals surface area (Å²) in [7, 11) is 1.56. The van der Waals surface area contributed by atoms with Crippen LogP contribution in [0.1, 0.15) is 13.8 Å². The van der Waals surface area contributed by atoms with E-state index in [-0.39, 0.29) is 24.5 Å². The monoisotopic (exact) mass is 266 g/mol. The summed E-state index contributed by atoms with van der Waals surface area (Å²) >= 11 is 0. The summed E-state index contributed by atoms with van der Waals surface area (Å²) in [6.45, 7) is 4.70. The normalized spacial score (nSPS) is 11.2. The van der Waals surface area contributed by atoms with Crippen molar-refractivity contribution in [3.8, 4) is 5.75 Å². The highest BCUT2D eigenvalue weighted by Gasteiger charge is 2.16. The lowest BCUT2D eigenvalue weighted by atomic mass is 9.95. The first-order chi connectivity index (χ1) is 8.98. The molecule has 0 saturated carbocycles. The molecule has 1 rings (SSSR count). The molecule has 5 heteroatoms. The van der Waals surface area contributed by atoms with Crippen LogP contribution in [0.3, 0.4) is 0 Å². The zero-order chi connectivity index (χ0) is 14.3. The molecular weight excluding hydrogens is 244 g/mol. The zero-order valence-corrected chi connectivity index (χ0v) is 11.7. The highest BCUT2D eigenvalue weighted by Crippen LogP contribution is 2.22. The summed E-state index contributed by atoms with van der Waals surface area (Å²) in [6, 6.07) is 7.25. The molecule has 106 valence electrons. The fourth-order valence-corrected chi connectivity index (χ4v) is 1.51. The van der Waals surface area contributed by atoms with Crippen LogP contribution in [-0.4, -0.2) is 37.8 Å². The average molecular weight is 266 g/mol. The molecule has 1 amide bonds. The lowest BCUT2D eigenvalue weighted by molar-refractivity contribution is -0.115. The van der Waals surface area contributed by atoms with Gasteiger partial charge in [0.2, 0.25) is 5.91 Å². The van der Waals surface area contributed by atoms with Gasteiger partial charge in [-0.2, -0.15) is 0 Å². The smallest absolute Gasteiger partial charge is 0.238 e. The van der Waals surface area contributed by atoms with E-state index in [1.165, 1.54) is 0 Å². The second kappa shape index (κ2) is 7.11. The number of methoxy groups -OCH3 is 1. The second-order valence-electron chi connectivity index (χ2n) is 5.17. The van der Waals surface area contributed by atoms with Gasteiger partial charge in [-0.1, -0.05) is 26.0 Å². The third-order valence-electron chi connectivity index (χ3n) is 2.70. The fraction of sp³-hybridized carbons (Fsp3) is 0.500. The van der Waals surface area contributed by atoms with Crippen LogP contribution in [0.5, 0.6) is 5.75 Å². The molecule has 0 radical (unpaired) electrons. The first kappa shape index (κ1) is 15.5. The van der Waals surface area contributed by atoms with Gasteiger partial charge in [0.05, 0.1) is 19.3 Å². The minimum absolute atomic E-state index is 0.0775. The molecule has 0 heterocycles. The summed E-state index contributed by atoms with van der Waals surface area (Å²) in [5.74, 6) is 0.491. The topological polar surface area (TPSA) is 70.6 Å². The minimum atomic E-state index is -0.231. The lowest BCUT2D eigenvalue weighted by Crippen LogP contribution is -2.37. The average Bonchev–Trinajstić information content (AvgIpc) is 2.39. The minimum Gasteiger partial charge on any atom is -0.495 e. The Morgan fingerprint density at radius 1 is 1.37 bits per heavy atom. The van der Waals surface area contributed by atoms with Crippen LogP contribution in [0.15, 0.2) is 24.3 Å². The Bertz CT molecular complexity index is 419. The molecule has 0 spiro atoms. The lowest BCUT2D eigenvalue weighted by Gasteiger charge is -2.21. The van der Waals surface area contributed by atoms with E-state index in [9.17, 15) is 4.79 Å². The van der Waals surface area contributed by atoms with Crippen molar-refractivity contribution in [2.24, 2.45) is 5.41 Å². The maximum Gasteiger partial charge on any atom is 0.238 e. The Hall–Kier alpha value is -1.59. The molecular formula is C14H22N2O3. The molecule has 0 aliphatic rings. The molecule has 0 atom stereocenters. The molecule has 5 nitrogen and oxygen atoms in total. The van der Waals surface area contributed by atoms with Crippen molar-refractivity contribution in [3.05, 3.63) is 24.3 Å². The van der Waals surface area contributed by atoms with Gasteiger partial charge in [-0.15, -0.1) is 0 Å². The number of ether oxygens (including phenoxy) is 1. The number of carbonyl (C=O) groups is 1. The van der Waals surface area contributed by atoms with Crippen LogP contribution in [0.25, 0.3) is 0 Å². The Kier molecular flexibility index (Phi) is 5.79. The number of amides is 1. The van der Waals surface area contributed by atoms with Crippen molar-refractivity contribution in [2.75, 3.05) is 32.1 Å². The van der Waals surface area contributed by atoms with Crippen LogP contribution in [0, 0.1) is 5.41 Å². The Morgan fingerprint density at radius 3 is 2.68 bits per heavy atom. The van der Waals surface area contributed by atoms with Gasteiger partial charge in [0.25, 0.3) is 0 Å². The summed E-state index contributed by atoms with van der Waals surface area (Å²) < 4.78 is 5.15. The number of para-hydroxylation sites is 2. The van der Waals surface area contributed by atoms with Crippen LogP contribution < -0.4 is 15.4 Å². The van der Waals surface area contributed by atoms with Gasteiger partial charge in [-0.05, 0) is 12.1 Å². The molecule has 3 N–H and O–H groups in total. The number of anilines is 1. The summed E-state index contributed by atoms with van der Waals surface area (Å²) in [5, 5.41) is 14.9. The Morgan fingerprint density at radius 2 is 2.05 bits per heavy atom. The molecule has 1 aromatic carbocycles. The molecule has 0 aliphatic carbocycles. The van der Waals surface area contributed by atoms with Gasteiger partial charge in [0.15, 0.2) is 0 Å². The van der Waals surface area contributed by atoms with Crippen LogP contribution in [-0.2, 0) is 4.79 Å². The molecule has 0 fully saturated rings. The first-order valence-corrected chi connectivity index (χ1v) is 6.23. The van der Waals surface area contributed by atoms with Gasteiger partial charge in [-0.25, -0.2) is 0 Å². The van der Waals surface area contributed by atoms with E-state index >= 15 is 0 Å². The highest BCUT2D eigenvalue weighted by molar-refractivity contribution is 5.93. The van der Waals surface area contributed by atoms with E-state index in [1.807, 2.05) is 26.0 Å². The van der Waals surface area contributed by atoms with E-state index in [1.54, 1.807) is 19.2 Å². The largest absolute Gasteiger partial charge is 0.495 e. The maximum absolute atomic E-state index is 11.8. The quantitative estimate of drug-likeness (QED) is 0.694. The van der Waals surface area contributed by atoms with Gasteiger partial charge in [-0.3, -0.25) is 4.79 Å². The number of hydrogen-bond donors (Lipinski definition) is 3. The summed E-state index contributed by atoms with van der Waals surface area (Å²) in [5.41, 5.74) is 0.420.